The summed E-state index contributed by atoms with van der Waals surface area (Å²) in [6.45, 7) is 1.81. The molecule has 6 aliphatic rings. The second-order valence-electron chi connectivity index (χ2n) is 12.3. The van der Waals surface area contributed by atoms with Gasteiger partial charge in [-0.1, -0.05) is 18.2 Å². The minimum atomic E-state index is -0.0380. The van der Waals surface area contributed by atoms with E-state index in [9.17, 15) is 5.11 Å². The van der Waals surface area contributed by atoms with Gasteiger partial charge < -0.3 is 28.8 Å². The molecule has 45 heavy (non-hydrogen) atoms. The first kappa shape index (κ1) is 29.3. The average Bonchev–Trinajstić information content (AvgIpc) is 3.05. The Labute approximate surface area is 264 Å². The molecule has 0 unspecified atom stereocenters. The summed E-state index contributed by atoms with van der Waals surface area (Å²) < 4.78 is 31.0. The molecule has 8 nitrogen and oxygen atoms in total. The molecule has 0 spiro atoms. The topological polar surface area (TPSA) is 72.9 Å². The molecule has 4 aromatic carbocycles. The van der Waals surface area contributed by atoms with E-state index in [1.165, 1.54) is 16.7 Å². The first-order valence-electron chi connectivity index (χ1n) is 15.5. The van der Waals surface area contributed by atoms with Gasteiger partial charge in [-0.25, -0.2) is 0 Å². The smallest absolute Gasteiger partial charge is 0.204 e. The number of likely N-dealkylation sites (N-methyl/N-ethyl adjacent to an activating group) is 2. The lowest BCUT2D eigenvalue weighted by Gasteiger charge is -2.37. The van der Waals surface area contributed by atoms with Crippen LogP contribution in [0.5, 0.6) is 46.0 Å². The van der Waals surface area contributed by atoms with E-state index in [0.717, 1.165) is 49.0 Å². The Morgan fingerprint density at radius 1 is 0.689 bits per heavy atom. The third-order valence-corrected chi connectivity index (χ3v) is 9.64. The number of hydrogen-bond acceptors (Lipinski definition) is 8. The predicted molar refractivity (Wildman–Crippen MR) is 173 cm³/mol. The average molecular weight is 609 g/mol. The lowest BCUT2D eigenvalue weighted by molar-refractivity contribution is 0.220. The van der Waals surface area contributed by atoms with Crippen LogP contribution in [0.3, 0.4) is 0 Å². The molecule has 0 aliphatic carbocycles. The molecule has 0 saturated carbocycles. The third-order valence-electron chi connectivity index (χ3n) is 9.64. The molecule has 8 heteroatoms. The lowest BCUT2D eigenvalue weighted by atomic mass is 9.87. The molecule has 0 aromatic heterocycles. The first-order chi connectivity index (χ1) is 21.9. The van der Waals surface area contributed by atoms with Crippen molar-refractivity contribution < 1.29 is 28.8 Å². The van der Waals surface area contributed by atoms with E-state index in [1.54, 1.807) is 27.4 Å². The SMILES string of the molecule is COc1cc2c3cc1Oc1c(OC)c(OC)cc4c1[C@H](Cc1ccc(O)c(c1)Oc1ccc(cc1)C[C@@H]2N(C)CC3)N(C)CC4. The van der Waals surface area contributed by atoms with Crippen molar-refractivity contribution >= 4 is 0 Å². The second-order valence-corrected chi connectivity index (χ2v) is 12.3. The van der Waals surface area contributed by atoms with Crippen LogP contribution < -0.4 is 23.7 Å². The van der Waals surface area contributed by atoms with Crippen LogP contribution in [0.4, 0.5) is 0 Å². The minimum Gasteiger partial charge on any atom is -0.504 e. The van der Waals surface area contributed by atoms with E-state index >= 15 is 0 Å². The quantitative estimate of drug-likeness (QED) is 0.271. The van der Waals surface area contributed by atoms with E-state index in [0.29, 0.717) is 46.7 Å². The Kier molecular flexibility index (Phi) is 7.71. The number of methoxy groups -OCH3 is 3. The van der Waals surface area contributed by atoms with Crippen LogP contribution in [0.25, 0.3) is 0 Å². The Bertz CT molecular complexity index is 1740. The van der Waals surface area contributed by atoms with Crippen molar-refractivity contribution in [2.45, 2.75) is 37.8 Å². The lowest BCUT2D eigenvalue weighted by Crippen LogP contribution is -2.34. The third kappa shape index (κ3) is 5.32. The highest BCUT2D eigenvalue weighted by atomic mass is 16.5. The summed E-state index contributed by atoms with van der Waals surface area (Å²) >= 11 is 0. The van der Waals surface area contributed by atoms with Crippen LogP contribution in [-0.4, -0.2) is 63.4 Å². The Hall–Kier alpha value is -4.40. The van der Waals surface area contributed by atoms with E-state index in [-0.39, 0.29) is 17.8 Å². The van der Waals surface area contributed by atoms with Crippen molar-refractivity contribution in [2.24, 2.45) is 0 Å². The Morgan fingerprint density at radius 3 is 2.11 bits per heavy atom. The molecule has 0 saturated heterocycles. The van der Waals surface area contributed by atoms with E-state index in [1.807, 2.05) is 24.3 Å². The van der Waals surface area contributed by atoms with Crippen LogP contribution in [0.1, 0.15) is 45.5 Å². The molecule has 4 aromatic rings. The maximum atomic E-state index is 10.7. The highest BCUT2D eigenvalue weighted by molar-refractivity contribution is 5.63. The van der Waals surface area contributed by atoms with E-state index in [4.69, 9.17) is 23.7 Å². The largest absolute Gasteiger partial charge is 0.504 e. The van der Waals surface area contributed by atoms with Gasteiger partial charge in [-0.15, -0.1) is 0 Å². The molecule has 2 atom stereocenters. The molecule has 6 aliphatic heterocycles. The van der Waals surface area contributed by atoms with Gasteiger partial charge in [-0.3, -0.25) is 9.80 Å². The molecular weight excluding hydrogens is 568 g/mol. The van der Waals surface area contributed by atoms with Crippen molar-refractivity contribution in [2.75, 3.05) is 48.5 Å². The number of aromatic hydroxyl groups is 1. The highest BCUT2D eigenvalue weighted by Crippen LogP contribution is 2.52. The maximum absolute atomic E-state index is 10.7. The van der Waals surface area contributed by atoms with Crippen LogP contribution >= 0.6 is 0 Å². The number of rotatable bonds is 3. The molecule has 0 radical (unpaired) electrons. The van der Waals surface area contributed by atoms with Crippen LogP contribution in [0.2, 0.25) is 0 Å². The normalized spacial score (nSPS) is 19.4. The van der Waals surface area contributed by atoms with Gasteiger partial charge in [0.1, 0.15) is 5.75 Å². The highest BCUT2D eigenvalue weighted by Gasteiger charge is 2.34. The van der Waals surface area contributed by atoms with Crippen molar-refractivity contribution in [3.63, 3.8) is 0 Å². The molecule has 0 amide bonds. The summed E-state index contributed by atoms with van der Waals surface area (Å²) in [4.78, 5) is 4.75. The van der Waals surface area contributed by atoms with Gasteiger partial charge >= 0.3 is 0 Å². The summed E-state index contributed by atoms with van der Waals surface area (Å²) in [6.07, 6.45) is 3.25. The molecule has 8 bridgehead atoms. The molecule has 10 rings (SSSR count). The number of ether oxygens (including phenoxy) is 5. The van der Waals surface area contributed by atoms with Gasteiger partial charge in [-0.2, -0.15) is 0 Å². The maximum Gasteiger partial charge on any atom is 0.204 e. The summed E-state index contributed by atoms with van der Waals surface area (Å²) in [7, 11) is 9.33. The van der Waals surface area contributed by atoms with Gasteiger partial charge in [-0.05, 0) is 110 Å². The molecular formula is C37H40N2O6. The van der Waals surface area contributed by atoms with E-state index in [2.05, 4.69) is 54.2 Å². The first-order valence-corrected chi connectivity index (χ1v) is 15.5. The number of nitrogens with zero attached hydrogens (tertiary/aromatic N) is 2. The summed E-state index contributed by atoms with van der Waals surface area (Å²) in [5, 5.41) is 10.7. The van der Waals surface area contributed by atoms with Gasteiger partial charge in [0, 0.05) is 30.7 Å². The summed E-state index contributed by atoms with van der Waals surface area (Å²) in [5.41, 5.74) is 6.94. The van der Waals surface area contributed by atoms with E-state index < -0.39 is 0 Å². The van der Waals surface area contributed by atoms with Crippen molar-refractivity contribution in [1.82, 2.24) is 9.80 Å². The van der Waals surface area contributed by atoms with Crippen molar-refractivity contribution in [1.29, 1.82) is 0 Å². The minimum absolute atomic E-state index is 0.0380. The number of benzene rings is 4. The number of phenolic OH excluding ortho intramolecular Hbond substituents is 1. The fourth-order valence-electron chi connectivity index (χ4n) is 7.11. The fourth-order valence-corrected chi connectivity index (χ4v) is 7.11. The van der Waals surface area contributed by atoms with Crippen LogP contribution in [-0.2, 0) is 25.7 Å². The monoisotopic (exact) mass is 608 g/mol. The fraction of sp³-hybridized carbons (Fsp3) is 0.351. The Morgan fingerprint density at radius 2 is 1.38 bits per heavy atom. The molecule has 1 N–H and O–H groups in total. The van der Waals surface area contributed by atoms with Gasteiger partial charge in [0.25, 0.3) is 0 Å². The zero-order valence-corrected chi connectivity index (χ0v) is 26.6. The predicted octanol–water partition coefficient (Wildman–Crippen LogP) is 6.86. The van der Waals surface area contributed by atoms with Crippen molar-refractivity contribution in [3.05, 3.63) is 94.0 Å². The summed E-state index contributed by atoms with van der Waals surface area (Å²) in [6, 6.07) is 20.3. The number of hydrogen-bond donors (Lipinski definition) is 1. The second kappa shape index (κ2) is 11.8. The zero-order chi connectivity index (χ0) is 31.2. The molecule has 0 fully saturated rings. The Balaban J connectivity index is 1.46. The van der Waals surface area contributed by atoms with Crippen molar-refractivity contribution in [3.8, 4) is 46.0 Å². The molecule has 6 heterocycles. The van der Waals surface area contributed by atoms with Gasteiger partial charge in [0.2, 0.25) is 5.75 Å². The number of phenols is 1. The van der Waals surface area contributed by atoms with Crippen LogP contribution in [0.15, 0.2) is 60.7 Å². The summed E-state index contributed by atoms with van der Waals surface area (Å²) in [5.74, 6) is 4.37. The standard InChI is InChI=1S/C37H40N2O6/c1-38-14-12-24-19-33-32(41-3)21-27(24)28(38)16-22-6-9-26(10-7-22)44-31-18-23(8-11-30(31)40)17-29-35-25(13-15-39(29)2)20-34(42-4)36(43-5)37(35)45-33/h6-11,18-21,28-29,40H,12-17H2,1-5H3/t28-,29-/m0/s1. The zero-order valence-electron chi connectivity index (χ0n) is 26.6. The van der Waals surface area contributed by atoms with Gasteiger partial charge in [0.05, 0.1) is 21.3 Å². The van der Waals surface area contributed by atoms with Crippen LogP contribution in [0, 0.1) is 0 Å². The van der Waals surface area contributed by atoms with Gasteiger partial charge in [0.15, 0.2) is 34.5 Å². The molecule has 234 valence electrons.